The van der Waals surface area contributed by atoms with E-state index in [2.05, 4.69) is 0 Å². The van der Waals surface area contributed by atoms with Gasteiger partial charge >= 0.3 is 5.97 Å². The Morgan fingerprint density at radius 2 is 1.95 bits per heavy atom. The van der Waals surface area contributed by atoms with Gasteiger partial charge in [-0.25, -0.2) is 0 Å². The highest BCUT2D eigenvalue weighted by molar-refractivity contribution is 8.00. The fourth-order valence-corrected chi connectivity index (χ4v) is 2.32. The van der Waals surface area contributed by atoms with Crippen LogP contribution in [0.4, 0.5) is 0 Å². The molecule has 0 unspecified atom stereocenters. The molecule has 7 heteroatoms. The minimum absolute atomic E-state index is 0.0624. The fourth-order valence-electron chi connectivity index (χ4n) is 1.69. The zero-order valence-corrected chi connectivity index (χ0v) is 13.5. The van der Waals surface area contributed by atoms with Gasteiger partial charge in [-0.3, -0.25) is 9.59 Å². The number of carboxylic acids is 1. The van der Waals surface area contributed by atoms with Gasteiger partial charge in [0, 0.05) is 13.1 Å². The predicted molar refractivity (Wildman–Crippen MR) is 82.4 cm³/mol. The van der Waals surface area contributed by atoms with Gasteiger partial charge in [0.05, 0.1) is 18.1 Å². The van der Waals surface area contributed by atoms with Crippen LogP contribution in [0.1, 0.15) is 11.5 Å². The van der Waals surface area contributed by atoms with Gasteiger partial charge in [0.1, 0.15) is 11.5 Å². The number of nitrogens with zero attached hydrogens (tertiary/aromatic N) is 2. The van der Waals surface area contributed by atoms with E-state index in [1.165, 1.54) is 0 Å². The highest BCUT2D eigenvalue weighted by atomic mass is 32.2. The molecular formula is C14H22N2O4S. The first-order chi connectivity index (χ1) is 9.88. The number of amides is 1. The lowest BCUT2D eigenvalue weighted by molar-refractivity contribution is -0.133. The van der Waals surface area contributed by atoms with Gasteiger partial charge in [-0.15, -0.1) is 11.8 Å². The molecule has 0 aliphatic rings. The molecule has 118 valence electrons. The van der Waals surface area contributed by atoms with Crippen LogP contribution >= 0.6 is 11.8 Å². The standard InChI is InChI=1S/C14H22N2O4S/c1-11-4-5-12(20-11)8-16(7-6-15(2)3)13(17)9-21-10-14(18)19/h4-5H,6-10H2,1-3H3,(H,18,19). The molecule has 1 aromatic rings. The van der Waals surface area contributed by atoms with Crippen molar-refractivity contribution >= 4 is 23.6 Å². The third-order valence-corrected chi connectivity index (χ3v) is 3.67. The van der Waals surface area contributed by atoms with Gasteiger partial charge in [-0.05, 0) is 33.2 Å². The molecule has 1 N–H and O–H groups in total. The molecule has 1 rings (SSSR count). The lowest BCUT2D eigenvalue weighted by Gasteiger charge is -2.23. The molecule has 0 aliphatic heterocycles. The van der Waals surface area contributed by atoms with E-state index in [9.17, 15) is 9.59 Å². The highest BCUT2D eigenvalue weighted by Gasteiger charge is 2.16. The van der Waals surface area contributed by atoms with Crippen LogP contribution in [0.3, 0.4) is 0 Å². The summed E-state index contributed by atoms with van der Waals surface area (Å²) in [6.07, 6.45) is 0. The van der Waals surface area contributed by atoms with Crippen LogP contribution in [-0.4, -0.2) is 65.5 Å². The van der Waals surface area contributed by atoms with Crippen LogP contribution in [0.25, 0.3) is 0 Å². The zero-order chi connectivity index (χ0) is 15.8. The van der Waals surface area contributed by atoms with Crippen LogP contribution in [0, 0.1) is 6.92 Å². The molecule has 1 aromatic heterocycles. The van der Waals surface area contributed by atoms with Gasteiger partial charge in [-0.2, -0.15) is 0 Å². The number of aliphatic carboxylic acids is 1. The van der Waals surface area contributed by atoms with Crippen molar-refractivity contribution in [2.75, 3.05) is 38.7 Å². The van der Waals surface area contributed by atoms with Gasteiger partial charge in [0.25, 0.3) is 0 Å². The van der Waals surface area contributed by atoms with Gasteiger partial charge < -0.3 is 19.3 Å². The van der Waals surface area contributed by atoms with E-state index in [0.29, 0.717) is 13.1 Å². The Hall–Kier alpha value is -1.47. The Morgan fingerprint density at radius 3 is 2.48 bits per heavy atom. The smallest absolute Gasteiger partial charge is 0.313 e. The number of carbonyl (C=O) groups excluding carboxylic acids is 1. The SMILES string of the molecule is Cc1ccc(CN(CCN(C)C)C(=O)CSCC(=O)O)o1. The summed E-state index contributed by atoms with van der Waals surface area (Å²) in [6, 6.07) is 3.72. The maximum atomic E-state index is 12.2. The number of thioether (sulfide) groups is 1. The van der Waals surface area contributed by atoms with Crippen LogP contribution in [0.2, 0.25) is 0 Å². The summed E-state index contributed by atoms with van der Waals surface area (Å²) < 4.78 is 5.51. The second-order valence-corrected chi connectivity index (χ2v) is 6.00. The van der Waals surface area contributed by atoms with E-state index in [0.717, 1.165) is 29.8 Å². The summed E-state index contributed by atoms with van der Waals surface area (Å²) in [5.41, 5.74) is 0. The lowest BCUT2D eigenvalue weighted by Crippen LogP contribution is -2.37. The summed E-state index contributed by atoms with van der Waals surface area (Å²) >= 11 is 1.11. The number of rotatable bonds is 9. The minimum Gasteiger partial charge on any atom is -0.481 e. The van der Waals surface area contributed by atoms with Crippen molar-refractivity contribution in [3.63, 3.8) is 0 Å². The molecule has 0 saturated carbocycles. The highest BCUT2D eigenvalue weighted by Crippen LogP contribution is 2.11. The number of hydrogen-bond acceptors (Lipinski definition) is 5. The van der Waals surface area contributed by atoms with E-state index in [4.69, 9.17) is 9.52 Å². The third-order valence-electron chi connectivity index (χ3n) is 2.76. The minimum atomic E-state index is -0.908. The molecule has 6 nitrogen and oxygen atoms in total. The van der Waals surface area contributed by atoms with E-state index in [1.807, 2.05) is 38.1 Å². The molecule has 0 atom stereocenters. The second-order valence-electron chi connectivity index (χ2n) is 5.02. The molecule has 21 heavy (non-hydrogen) atoms. The quantitative estimate of drug-likeness (QED) is 0.740. The van der Waals surface area contributed by atoms with Crippen molar-refractivity contribution in [2.24, 2.45) is 0 Å². The maximum absolute atomic E-state index is 12.2. The van der Waals surface area contributed by atoms with Crippen LogP contribution < -0.4 is 0 Å². The lowest BCUT2D eigenvalue weighted by atomic mass is 10.3. The Kier molecular flexibility index (Phi) is 7.31. The average Bonchev–Trinajstić information content (AvgIpc) is 2.79. The molecule has 0 aliphatic carbocycles. The van der Waals surface area contributed by atoms with E-state index < -0.39 is 5.97 Å². The largest absolute Gasteiger partial charge is 0.481 e. The Bertz CT molecular complexity index is 473. The maximum Gasteiger partial charge on any atom is 0.313 e. The molecule has 0 aromatic carbocycles. The molecule has 0 saturated heterocycles. The molecule has 1 amide bonds. The Labute approximate surface area is 129 Å². The van der Waals surface area contributed by atoms with Crippen molar-refractivity contribution in [1.82, 2.24) is 9.80 Å². The molecule has 0 fully saturated rings. The number of hydrogen-bond donors (Lipinski definition) is 1. The second kappa shape index (κ2) is 8.74. The number of furan rings is 1. The Balaban J connectivity index is 2.57. The van der Waals surface area contributed by atoms with Crippen molar-refractivity contribution in [3.05, 3.63) is 23.7 Å². The summed E-state index contributed by atoms with van der Waals surface area (Å²) in [4.78, 5) is 26.4. The van der Waals surface area contributed by atoms with Crippen LogP contribution in [-0.2, 0) is 16.1 Å². The predicted octanol–water partition coefficient (Wildman–Crippen LogP) is 1.30. The van der Waals surface area contributed by atoms with E-state index in [1.54, 1.807) is 4.90 Å². The fraction of sp³-hybridized carbons (Fsp3) is 0.571. The summed E-state index contributed by atoms with van der Waals surface area (Å²) in [7, 11) is 3.89. The van der Waals surface area contributed by atoms with Gasteiger partial charge in [0.15, 0.2) is 0 Å². The Morgan fingerprint density at radius 1 is 1.24 bits per heavy atom. The van der Waals surface area contributed by atoms with Crippen molar-refractivity contribution in [1.29, 1.82) is 0 Å². The van der Waals surface area contributed by atoms with Gasteiger partial charge in [0.2, 0.25) is 5.91 Å². The molecule has 0 spiro atoms. The van der Waals surface area contributed by atoms with E-state index in [-0.39, 0.29) is 17.4 Å². The first kappa shape index (κ1) is 17.6. The van der Waals surface area contributed by atoms with Crippen LogP contribution in [0.15, 0.2) is 16.5 Å². The zero-order valence-electron chi connectivity index (χ0n) is 12.7. The average molecular weight is 314 g/mol. The van der Waals surface area contributed by atoms with Crippen molar-refractivity contribution < 1.29 is 19.1 Å². The third kappa shape index (κ3) is 7.19. The summed E-state index contributed by atoms with van der Waals surface area (Å²) in [5, 5.41) is 8.61. The summed E-state index contributed by atoms with van der Waals surface area (Å²) in [5.74, 6) is 0.673. The number of carbonyl (C=O) groups is 2. The topological polar surface area (TPSA) is 74.0 Å². The first-order valence-electron chi connectivity index (χ1n) is 6.66. The number of aryl methyl sites for hydroxylation is 1. The van der Waals surface area contributed by atoms with E-state index >= 15 is 0 Å². The monoisotopic (exact) mass is 314 g/mol. The first-order valence-corrected chi connectivity index (χ1v) is 7.81. The normalized spacial score (nSPS) is 10.9. The molecule has 0 bridgehead atoms. The van der Waals surface area contributed by atoms with Crippen molar-refractivity contribution in [3.8, 4) is 0 Å². The van der Waals surface area contributed by atoms with Gasteiger partial charge in [-0.1, -0.05) is 0 Å². The summed E-state index contributed by atoms with van der Waals surface area (Å²) in [6.45, 7) is 3.60. The number of likely N-dealkylation sites (N-methyl/N-ethyl adjacent to an activating group) is 1. The number of carboxylic acid groups (broad SMARTS) is 1. The molecule has 0 radical (unpaired) electrons. The van der Waals surface area contributed by atoms with Crippen LogP contribution in [0.5, 0.6) is 0 Å². The van der Waals surface area contributed by atoms with Crippen molar-refractivity contribution in [2.45, 2.75) is 13.5 Å². The molecule has 1 heterocycles. The molecular weight excluding hydrogens is 292 g/mol.